The number of fused-ring (bicyclic) bond motifs is 1. The first kappa shape index (κ1) is 13.8. The van der Waals surface area contributed by atoms with Crippen LogP contribution in [0.3, 0.4) is 0 Å². The average Bonchev–Trinajstić information content (AvgIpc) is 3.05. The van der Waals surface area contributed by atoms with E-state index in [2.05, 4.69) is 31.3 Å². The van der Waals surface area contributed by atoms with Crippen LogP contribution in [0.15, 0.2) is 66.2 Å². The van der Waals surface area contributed by atoms with Crippen LogP contribution in [0.2, 0.25) is 0 Å². The van der Waals surface area contributed by atoms with E-state index in [0.717, 1.165) is 27.6 Å². The smallest absolute Gasteiger partial charge is 0.186 e. The van der Waals surface area contributed by atoms with Crippen molar-refractivity contribution in [2.24, 2.45) is 0 Å². The Kier molecular flexibility index (Phi) is 3.69. The highest BCUT2D eigenvalue weighted by Gasteiger charge is 2.10. The minimum absolute atomic E-state index is 0.692. The van der Waals surface area contributed by atoms with Gasteiger partial charge in [-0.1, -0.05) is 17.8 Å². The molecule has 0 amide bonds. The van der Waals surface area contributed by atoms with Gasteiger partial charge in [0.1, 0.15) is 5.03 Å². The molecule has 112 valence electrons. The fourth-order valence-corrected chi connectivity index (χ4v) is 2.95. The van der Waals surface area contributed by atoms with E-state index < -0.39 is 0 Å². The molecule has 7 heteroatoms. The summed E-state index contributed by atoms with van der Waals surface area (Å²) in [5.74, 6) is 1.51. The summed E-state index contributed by atoms with van der Waals surface area (Å²) in [4.78, 5) is 8.25. The molecule has 4 heterocycles. The number of hydrogen-bond acceptors (Lipinski definition) is 6. The van der Waals surface area contributed by atoms with E-state index in [4.69, 9.17) is 0 Å². The zero-order valence-electron chi connectivity index (χ0n) is 12.1. The van der Waals surface area contributed by atoms with Gasteiger partial charge in [-0.2, -0.15) is 9.61 Å². The summed E-state index contributed by atoms with van der Waals surface area (Å²) in [6.07, 6.45) is 7.13. The van der Waals surface area contributed by atoms with Crippen LogP contribution in [0.4, 0.5) is 0 Å². The number of pyridine rings is 2. The van der Waals surface area contributed by atoms with Gasteiger partial charge in [0.05, 0.1) is 0 Å². The highest BCUT2D eigenvalue weighted by molar-refractivity contribution is 7.98. The van der Waals surface area contributed by atoms with Gasteiger partial charge in [0.25, 0.3) is 0 Å². The van der Waals surface area contributed by atoms with E-state index >= 15 is 0 Å². The maximum Gasteiger partial charge on any atom is 0.186 e. The molecule has 4 aromatic heterocycles. The molecule has 4 rings (SSSR count). The van der Waals surface area contributed by atoms with Crippen LogP contribution in [-0.4, -0.2) is 29.8 Å². The molecule has 0 aliphatic rings. The molecule has 6 nitrogen and oxygen atoms in total. The van der Waals surface area contributed by atoms with Crippen molar-refractivity contribution in [3.8, 4) is 11.4 Å². The number of hydrogen-bond donors (Lipinski definition) is 0. The molecular formula is C16H12N6S. The average molecular weight is 320 g/mol. The third-order valence-electron chi connectivity index (χ3n) is 3.27. The van der Waals surface area contributed by atoms with Crippen molar-refractivity contribution in [3.05, 3.63) is 66.7 Å². The van der Waals surface area contributed by atoms with E-state index in [1.165, 1.54) is 0 Å². The maximum absolute atomic E-state index is 4.63. The summed E-state index contributed by atoms with van der Waals surface area (Å²) >= 11 is 1.65. The van der Waals surface area contributed by atoms with Crippen LogP contribution >= 0.6 is 11.8 Å². The van der Waals surface area contributed by atoms with Gasteiger partial charge in [0.2, 0.25) is 0 Å². The molecule has 0 radical (unpaired) electrons. The van der Waals surface area contributed by atoms with Gasteiger partial charge in [-0.3, -0.25) is 9.97 Å². The fraction of sp³-hybridized carbons (Fsp3) is 0.0625. The third-order valence-corrected chi connectivity index (χ3v) is 4.26. The van der Waals surface area contributed by atoms with Crippen molar-refractivity contribution in [2.75, 3.05) is 0 Å². The van der Waals surface area contributed by atoms with Gasteiger partial charge in [-0.15, -0.1) is 10.2 Å². The van der Waals surface area contributed by atoms with Gasteiger partial charge >= 0.3 is 0 Å². The zero-order valence-corrected chi connectivity index (χ0v) is 12.9. The molecule has 0 aliphatic heterocycles. The molecule has 0 fully saturated rings. The summed E-state index contributed by atoms with van der Waals surface area (Å²) < 4.78 is 1.75. The fourth-order valence-electron chi connectivity index (χ4n) is 2.16. The second-order valence-corrected chi connectivity index (χ2v) is 5.85. The van der Waals surface area contributed by atoms with Crippen molar-refractivity contribution in [3.63, 3.8) is 0 Å². The van der Waals surface area contributed by atoms with Crippen molar-refractivity contribution in [1.29, 1.82) is 0 Å². The Morgan fingerprint density at radius 1 is 0.913 bits per heavy atom. The van der Waals surface area contributed by atoms with E-state index in [-0.39, 0.29) is 0 Å². The second kappa shape index (κ2) is 6.13. The molecule has 23 heavy (non-hydrogen) atoms. The Morgan fingerprint density at radius 2 is 1.78 bits per heavy atom. The minimum atomic E-state index is 0.692. The predicted octanol–water partition coefficient (Wildman–Crippen LogP) is 2.87. The first-order valence-corrected chi connectivity index (χ1v) is 8.03. The highest BCUT2D eigenvalue weighted by atomic mass is 32.2. The van der Waals surface area contributed by atoms with E-state index in [0.29, 0.717) is 5.82 Å². The number of rotatable bonds is 4. The minimum Gasteiger partial charge on any atom is -0.264 e. The molecule has 4 aromatic rings. The maximum atomic E-state index is 4.63. The lowest BCUT2D eigenvalue weighted by Gasteiger charge is -2.03. The summed E-state index contributed by atoms with van der Waals surface area (Å²) in [5.41, 5.74) is 2.77. The van der Waals surface area contributed by atoms with Crippen LogP contribution in [-0.2, 0) is 5.75 Å². The van der Waals surface area contributed by atoms with Crippen molar-refractivity contribution < 1.29 is 0 Å². The monoisotopic (exact) mass is 320 g/mol. The molecule has 0 unspecified atom stereocenters. The lowest BCUT2D eigenvalue weighted by molar-refractivity contribution is 0.860. The molecular weight excluding hydrogens is 308 g/mol. The molecule has 0 N–H and O–H groups in total. The number of nitrogens with zero attached hydrogens (tertiary/aromatic N) is 6. The normalized spacial score (nSPS) is 11.0. The number of aromatic nitrogens is 6. The zero-order chi connectivity index (χ0) is 15.5. The largest absolute Gasteiger partial charge is 0.264 e. The van der Waals surface area contributed by atoms with Crippen molar-refractivity contribution >= 4 is 17.4 Å². The lowest BCUT2D eigenvalue weighted by Crippen LogP contribution is -1.97. The Hall–Kier alpha value is -2.80. The van der Waals surface area contributed by atoms with Crippen LogP contribution in [0.5, 0.6) is 0 Å². The van der Waals surface area contributed by atoms with E-state index in [1.54, 1.807) is 34.9 Å². The van der Waals surface area contributed by atoms with Gasteiger partial charge in [0.15, 0.2) is 11.5 Å². The Labute approximate surface area is 136 Å². The van der Waals surface area contributed by atoms with Crippen LogP contribution in [0.1, 0.15) is 5.56 Å². The van der Waals surface area contributed by atoms with Crippen LogP contribution < -0.4 is 0 Å². The van der Waals surface area contributed by atoms with Crippen LogP contribution in [0.25, 0.3) is 17.0 Å². The molecule has 0 aromatic carbocycles. The van der Waals surface area contributed by atoms with E-state index in [9.17, 15) is 0 Å². The predicted molar refractivity (Wildman–Crippen MR) is 87.8 cm³/mol. The Bertz CT molecular complexity index is 923. The van der Waals surface area contributed by atoms with E-state index in [1.807, 2.05) is 36.5 Å². The van der Waals surface area contributed by atoms with Gasteiger partial charge in [-0.25, -0.2) is 0 Å². The quantitative estimate of drug-likeness (QED) is 0.539. The first-order valence-electron chi connectivity index (χ1n) is 7.05. The molecule has 0 spiro atoms. The number of thioether (sulfide) groups is 1. The first-order chi connectivity index (χ1) is 11.4. The third kappa shape index (κ3) is 2.91. The van der Waals surface area contributed by atoms with Crippen molar-refractivity contribution in [2.45, 2.75) is 10.8 Å². The van der Waals surface area contributed by atoms with Gasteiger partial charge in [-0.05, 0) is 35.9 Å². The molecule has 0 saturated heterocycles. The molecule has 0 saturated carbocycles. The van der Waals surface area contributed by atoms with Gasteiger partial charge < -0.3 is 0 Å². The molecule has 0 bridgehead atoms. The topological polar surface area (TPSA) is 68.9 Å². The molecule has 0 aliphatic carbocycles. The van der Waals surface area contributed by atoms with Crippen molar-refractivity contribution in [1.82, 2.24) is 29.8 Å². The second-order valence-electron chi connectivity index (χ2n) is 4.86. The standard InChI is InChI=1S/C16H12N6S/c1-3-12(9-17-7-1)11-23-15-6-5-14-19-20-16(22(14)21-15)13-4-2-8-18-10-13/h1-10H,11H2. The summed E-state index contributed by atoms with van der Waals surface area (Å²) in [7, 11) is 0. The lowest BCUT2D eigenvalue weighted by atomic mass is 10.3. The summed E-state index contributed by atoms with van der Waals surface area (Å²) in [6, 6.07) is 11.7. The summed E-state index contributed by atoms with van der Waals surface area (Å²) in [6.45, 7) is 0. The Balaban J connectivity index is 1.65. The molecule has 0 atom stereocenters. The Morgan fingerprint density at radius 3 is 2.57 bits per heavy atom. The highest BCUT2D eigenvalue weighted by Crippen LogP contribution is 2.22. The van der Waals surface area contributed by atoms with Crippen LogP contribution in [0, 0.1) is 0 Å². The SMILES string of the molecule is c1cncc(CSc2ccc3nnc(-c4cccnc4)n3n2)c1. The van der Waals surface area contributed by atoms with Gasteiger partial charge in [0, 0.05) is 36.1 Å². The summed E-state index contributed by atoms with van der Waals surface area (Å²) in [5, 5.41) is 13.9.